The summed E-state index contributed by atoms with van der Waals surface area (Å²) in [6.45, 7) is 4.09. The van der Waals surface area contributed by atoms with Crippen molar-refractivity contribution in [3.8, 4) is 6.07 Å². The highest BCUT2D eigenvalue weighted by molar-refractivity contribution is 5.83. The SMILES string of the molecule is CC(C)(NCCCC#N)C(N)=O. The van der Waals surface area contributed by atoms with Crippen LogP contribution < -0.4 is 11.1 Å². The zero-order valence-corrected chi connectivity index (χ0v) is 7.55. The van der Waals surface area contributed by atoms with Crippen LogP contribution in [0.3, 0.4) is 0 Å². The highest BCUT2D eigenvalue weighted by atomic mass is 16.1. The molecule has 0 rings (SSSR count). The van der Waals surface area contributed by atoms with Gasteiger partial charge in [-0.3, -0.25) is 4.79 Å². The van der Waals surface area contributed by atoms with Gasteiger partial charge in [0.1, 0.15) is 0 Å². The summed E-state index contributed by atoms with van der Waals surface area (Å²) in [4.78, 5) is 10.8. The van der Waals surface area contributed by atoms with E-state index < -0.39 is 5.54 Å². The molecule has 12 heavy (non-hydrogen) atoms. The maximum absolute atomic E-state index is 10.8. The van der Waals surface area contributed by atoms with Crippen molar-refractivity contribution in [1.29, 1.82) is 5.26 Å². The Balaban J connectivity index is 3.63. The van der Waals surface area contributed by atoms with Gasteiger partial charge >= 0.3 is 0 Å². The molecule has 0 bridgehead atoms. The number of hydrogen-bond donors (Lipinski definition) is 2. The molecule has 0 saturated carbocycles. The Bertz CT molecular complexity index is 193. The number of nitrogens with zero attached hydrogens (tertiary/aromatic N) is 1. The molecule has 0 aliphatic rings. The Labute approximate surface area is 72.7 Å². The largest absolute Gasteiger partial charge is 0.368 e. The summed E-state index contributed by atoms with van der Waals surface area (Å²) in [5.41, 5.74) is 4.45. The second-order valence-electron chi connectivity index (χ2n) is 3.18. The smallest absolute Gasteiger partial charge is 0.237 e. The number of nitriles is 1. The molecule has 0 fully saturated rings. The van der Waals surface area contributed by atoms with Crippen LogP contribution in [0.2, 0.25) is 0 Å². The van der Waals surface area contributed by atoms with Crippen molar-refractivity contribution >= 4 is 5.91 Å². The standard InChI is InChI=1S/C8H15N3O/c1-8(2,7(10)12)11-6-4-3-5-9/h11H,3-4,6H2,1-2H3,(H2,10,12). The van der Waals surface area contributed by atoms with Gasteiger partial charge in [0.25, 0.3) is 0 Å². The predicted octanol–water partition coefficient (Wildman–Crippen LogP) is 0.144. The lowest BCUT2D eigenvalue weighted by Gasteiger charge is -2.21. The highest BCUT2D eigenvalue weighted by Gasteiger charge is 2.22. The molecule has 0 aromatic carbocycles. The number of rotatable bonds is 5. The van der Waals surface area contributed by atoms with E-state index in [1.54, 1.807) is 13.8 Å². The molecular formula is C8H15N3O. The van der Waals surface area contributed by atoms with E-state index in [1.165, 1.54) is 0 Å². The van der Waals surface area contributed by atoms with Gasteiger partial charge in [-0.2, -0.15) is 5.26 Å². The summed E-state index contributed by atoms with van der Waals surface area (Å²) in [6.07, 6.45) is 1.25. The lowest BCUT2D eigenvalue weighted by molar-refractivity contribution is -0.123. The summed E-state index contributed by atoms with van der Waals surface area (Å²) in [5, 5.41) is 11.2. The van der Waals surface area contributed by atoms with Crippen molar-refractivity contribution in [3.63, 3.8) is 0 Å². The summed E-state index contributed by atoms with van der Waals surface area (Å²) in [7, 11) is 0. The monoisotopic (exact) mass is 169 g/mol. The minimum atomic E-state index is -0.671. The number of hydrogen-bond acceptors (Lipinski definition) is 3. The van der Waals surface area contributed by atoms with Crippen molar-refractivity contribution in [1.82, 2.24) is 5.32 Å². The fourth-order valence-corrected chi connectivity index (χ4v) is 0.655. The van der Waals surface area contributed by atoms with Gasteiger partial charge in [0, 0.05) is 6.42 Å². The Morgan fingerprint density at radius 1 is 1.67 bits per heavy atom. The lowest BCUT2D eigenvalue weighted by Crippen LogP contribution is -2.50. The molecule has 0 atom stereocenters. The molecule has 0 aromatic rings. The van der Waals surface area contributed by atoms with Gasteiger partial charge in [-0.05, 0) is 26.8 Å². The van der Waals surface area contributed by atoms with E-state index in [1.807, 2.05) is 6.07 Å². The third-order valence-electron chi connectivity index (χ3n) is 1.65. The van der Waals surface area contributed by atoms with Crippen molar-refractivity contribution in [2.45, 2.75) is 32.2 Å². The van der Waals surface area contributed by atoms with Crippen molar-refractivity contribution < 1.29 is 4.79 Å². The predicted molar refractivity (Wildman–Crippen MR) is 46.1 cm³/mol. The maximum atomic E-state index is 10.8. The number of amides is 1. The quantitative estimate of drug-likeness (QED) is 0.575. The maximum Gasteiger partial charge on any atom is 0.237 e. The lowest BCUT2D eigenvalue weighted by atomic mass is 10.1. The zero-order chi connectivity index (χ0) is 9.61. The first kappa shape index (κ1) is 10.9. The molecule has 4 nitrogen and oxygen atoms in total. The number of primary amides is 1. The fourth-order valence-electron chi connectivity index (χ4n) is 0.655. The zero-order valence-electron chi connectivity index (χ0n) is 7.55. The minimum Gasteiger partial charge on any atom is -0.368 e. The van der Waals surface area contributed by atoms with Crippen LogP contribution in [-0.2, 0) is 4.79 Å². The minimum absolute atomic E-state index is 0.376. The van der Waals surface area contributed by atoms with E-state index in [0.717, 1.165) is 6.42 Å². The Morgan fingerprint density at radius 3 is 2.67 bits per heavy atom. The normalized spacial score (nSPS) is 10.8. The van der Waals surface area contributed by atoms with E-state index in [4.69, 9.17) is 11.0 Å². The molecule has 4 heteroatoms. The van der Waals surface area contributed by atoms with Gasteiger partial charge < -0.3 is 11.1 Å². The van der Waals surface area contributed by atoms with Gasteiger partial charge in [-0.25, -0.2) is 0 Å². The van der Waals surface area contributed by atoms with Crippen LogP contribution in [0.15, 0.2) is 0 Å². The van der Waals surface area contributed by atoms with Gasteiger partial charge in [0.15, 0.2) is 0 Å². The number of nitrogens with two attached hydrogens (primary N) is 1. The van der Waals surface area contributed by atoms with Gasteiger partial charge in [-0.15, -0.1) is 0 Å². The molecule has 0 spiro atoms. The van der Waals surface area contributed by atoms with Crippen LogP contribution in [-0.4, -0.2) is 18.0 Å². The molecule has 0 aromatic heterocycles. The van der Waals surface area contributed by atoms with Crippen molar-refractivity contribution in [2.75, 3.05) is 6.54 Å². The number of unbranched alkanes of at least 4 members (excludes halogenated alkanes) is 1. The number of carbonyl (C=O) groups is 1. The van der Waals surface area contributed by atoms with E-state index in [9.17, 15) is 4.79 Å². The fraction of sp³-hybridized carbons (Fsp3) is 0.750. The van der Waals surface area contributed by atoms with Gasteiger partial charge in [0.05, 0.1) is 11.6 Å². The third kappa shape index (κ3) is 3.94. The first-order valence-electron chi connectivity index (χ1n) is 3.92. The van der Waals surface area contributed by atoms with E-state index in [0.29, 0.717) is 13.0 Å². The molecule has 1 amide bonds. The summed E-state index contributed by atoms with van der Waals surface area (Å²) >= 11 is 0. The summed E-state index contributed by atoms with van der Waals surface area (Å²) in [5.74, 6) is -0.376. The Kier molecular flexibility index (Phi) is 4.30. The van der Waals surface area contributed by atoms with Crippen LogP contribution in [0.5, 0.6) is 0 Å². The molecule has 0 unspecified atom stereocenters. The Morgan fingerprint density at radius 2 is 2.25 bits per heavy atom. The van der Waals surface area contributed by atoms with Gasteiger partial charge in [-0.1, -0.05) is 0 Å². The van der Waals surface area contributed by atoms with Crippen LogP contribution in [0.25, 0.3) is 0 Å². The second-order valence-corrected chi connectivity index (χ2v) is 3.18. The van der Waals surface area contributed by atoms with E-state index >= 15 is 0 Å². The van der Waals surface area contributed by atoms with Crippen LogP contribution in [0.4, 0.5) is 0 Å². The van der Waals surface area contributed by atoms with Crippen LogP contribution in [0, 0.1) is 11.3 Å². The topological polar surface area (TPSA) is 78.9 Å². The molecule has 0 saturated heterocycles. The average Bonchev–Trinajstić information content (AvgIpc) is 1.98. The summed E-state index contributed by atoms with van der Waals surface area (Å²) < 4.78 is 0. The molecule has 0 aliphatic heterocycles. The van der Waals surface area contributed by atoms with Crippen LogP contribution >= 0.6 is 0 Å². The first-order chi connectivity index (χ1) is 5.50. The van der Waals surface area contributed by atoms with Gasteiger partial charge in [0.2, 0.25) is 5.91 Å². The van der Waals surface area contributed by atoms with Crippen molar-refractivity contribution in [3.05, 3.63) is 0 Å². The molecule has 0 aliphatic carbocycles. The van der Waals surface area contributed by atoms with E-state index in [2.05, 4.69) is 5.32 Å². The number of carbonyl (C=O) groups excluding carboxylic acids is 1. The molecule has 68 valence electrons. The second kappa shape index (κ2) is 4.73. The molecular weight excluding hydrogens is 154 g/mol. The average molecular weight is 169 g/mol. The summed E-state index contributed by atoms with van der Waals surface area (Å²) in [6, 6.07) is 2.03. The highest BCUT2D eigenvalue weighted by Crippen LogP contribution is 2.00. The first-order valence-corrected chi connectivity index (χ1v) is 3.92. The number of nitrogens with one attached hydrogen (secondary N) is 1. The molecule has 0 radical (unpaired) electrons. The Hall–Kier alpha value is -1.08. The third-order valence-corrected chi connectivity index (χ3v) is 1.65. The van der Waals surface area contributed by atoms with Crippen molar-refractivity contribution in [2.24, 2.45) is 5.73 Å². The molecule has 0 heterocycles. The van der Waals surface area contributed by atoms with Crippen LogP contribution in [0.1, 0.15) is 26.7 Å². The molecule has 3 N–H and O–H groups in total. The van der Waals surface area contributed by atoms with E-state index in [-0.39, 0.29) is 5.91 Å².